The maximum Gasteiger partial charge on any atom is 0.405 e. The number of halogens is 4. The zero-order chi connectivity index (χ0) is 17.0. The summed E-state index contributed by atoms with van der Waals surface area (Å²) >= 11 is 5.78. The predicted octanol–water partition coefficient (Wildman–Crippen LogP) is 2.62. The quantitative estimate of drug-likeness (QED) is 0.902. The van der Waals surface area contributed by atoms with Crippen molar-refractivity contribution in [2.45, 2.75) is 25.6 Å². The van der Waals surface area contributed by atoms with Gasteiger partial charge in [-0.3, -0.25) is 4.79 Å². The summed E-state index contributed by atoms with van der Waals surface area (Å²) in [7, 11) is 0. The number of nitrogens with one attached hydrogen (secondary N) is 1. The Morgan fingerprint density at radius 1 is 1.35 bits per heavy atom. The molecule has 0 radical (unpaired) electrons. The van der Waals surface area contributed by atoms with Gasteiger partial charge in [0, 0.05) is 10.6 Å². The van der Waals surface area contributed by atoms with Crippen molar-refractivity contribution in [1.82, 2.24) is 25.5 Å². The fourth-order valence-corrected chi connectivity index (χ4v) is 1.96. The Hall–Kier alpha value is -2.16. The summed E-state index contributed by atoms with van der Waals surface area (Å²) in [5.41, 5.74) is 0.631. The van der Waals surface area contributed by atoms with Gasteiger partial charge in [-0.1, -0.05) is 18.5 Å². The van der Waals surface area contributed by atoms with Gasteiger partial charge < -0.3 is 5.32 Å². The zero-order valence-corrected chi connectivity index (χ0v) is 12.8. The van der Waals surface area contributed by atoms with E-state index in [1.165, 1.54) is 0 Å². The Labute approximate surface area is 134 Å². The molecule has 0 aliphatic rings. The van der Waals surface area contributed by atoms with E-state index < -0.39 is 24.7 Å². The van der Waals surface area contributed by atoms with Gasteiger partial charge in [0.05, 0.1) is 0 Å². The van der Waals surface area contributed by atoms with E-state index in [-0.39, 0.29) is 12.2 Å². The standard InChI is InChI=1S/C13H13ClF3N5O/c1-2-10(12(23)18-7-13(15,16)17)22-20-11(19-21-22)8-3-5-9(14)6-4-8/h3-6,10H,2,7H2,1H3,(H,18,23)/t10-/m1/s1. The third-order valence-electron chi connectivity index (χ3n) is 2.96. The first-order chi connectivity index (χ1) is 10.8. The molecule has 1 atom stereocenters. The first-order valence-corrected chi connectivity index (χ1v) is 7.08. The fraction of sp³-hybridized carbons (Fsp3) is 0.385. The minimum Gasteiger partial charge on any atom is -0.345 e. The number of carbonyl (C=O) groups is 1. The number of carbonyl (C=O) groups excluding carboxylic acids is 1. The Bertz CT molecular complexity index is 671. The molecule has 0 aliphatic carbocycles. The molecule has 1 N–H and O–H groups in total. The van der Waals surface area contributed by atoms with Crippen LogP contribution in [0.5, 0.6) is 0 Å². The number of alkyl halides is 3. The lowest BCUT2D eigenvalue weighted by Gasteiger charge is -2.14. The summed E-state index contributed by atoms with van der Waals surface area (Å²) in [4.78, 5) is 12.9. The minimum absolute atomic E-state index is 0.222. The van der Waals surface area contributed by atoms with Gasteiger partial charge in [-0.25, -0.2) is 0 Å². The molecule has 2 aromatic rings. The van der Waals surface area contributed by atoms with E-state index in [4.69, 9.17) is 11.6 Å². The number of benzene rings is 1. The van der Waals surface area contributed by atoms with Gasteiger partial charge in [0.1, 0.15) is 6.54 Å². The minimum atomic E-state index is -4.47. The van der Waals surface area contributed by atoms with Crippen molar-refractivity contribution in [3.8, 4) is 11.4 Å². The maximum atomic E-state index is 12.2. The molecule has 1 aromatic carbocycles. The van der Waals surface area contributed by atoms with Crippen LogP contribution in [0, 0.1) is 0 Å². The van der Waals surface area contributed by atoms with E-state index in [0.29, 0.717) is 10.6 Å². The van der Waals surface area contributed by atoms with Gasteiger partial charge in [-0.05, 0) is 35.9 Å². The van der Waals surface area contributed by atoms with Crippen LogP contribution >= 0.6 is 11.6 Å². The van der Waals surface area contributed by atoms with E-state index in [2.05, 4.69) is 15.4 Å². The highest BCUT2D eigenvalue weighted by Gasteiger charge is 2.30. The molecule has 124 valence electrons. The first-order valence-electron chi connectivity index (χ1n) is 6.70. The topological polar surface area (TPSA) is 72.7 Å². The van der Waals surface area contributed by atoms with E-state index >= 15 is 0 Å². The number of hydrogen-bond donors (Lipinski definition) is 1. The largest absolute Gasteiger partial charge is 0.405 e. The molecule has 1 aromatic heterocycles. The van der Waals surface area contributed by atoms with Crippen LogP contribution in [0.2, 0.25) is 5.02 Å². The SMILES string of the molecule is CC[C@H](C(=O)NCC(F)(F)F)n1nnc(-c2ccc(Cl)cc2)n1. The van der Waals surface area contributed by atoms with Gasteiger partial charge in [-0.15, -0.1) is 10.2 Å². The summed E-state index contributed by atoms with van der Waals surface area (Å²) in [6, 6.07) is 5.67. The molecule has 0 bridgehead atoms. The Kier molecular flexibility index (Phi) is 5.19. The van der Waals surface area contributed by atoms with Gasteiger partial charge in [0.15, 0.2) is 6.04 Å². The van der Waals surface area contributed by atoms with Crippen LogP contribution in [0.1, 0.15) is 19.4 Å². The molecule has 10 heteroatoms. The Morgan fingerprint density at radius 3 is 2.57 bits per heavy atom. The van der Waals surface area contributed by atoms with Gasteiger partial charge in [-0.2, -0.15) is 18.0 Å². The first kappa shape index (κ1) is 17.2. The fourth-order valence-electron chi connectivity index (χ4n) is 1.83. The summed E-state index contributed by atoms with van der Waals surface area (Å²) in [6.45, 7) is 0.240. The van der Waals surface area contributed by atoms with Gasteiger partial charge >= 0.3 is 6.18 Å². The van der Waals surface area contributed by atoms with Crippen LogP contribution in [0.4, 0.5) is 13.2 Å². The van der Waals surface area contributed by atoms with Crippen LogP contribution in [-0.2, 0) is 4.79 Å². The van der Waals surface area contributed by atoms with Crippen LogP contribution in [-0.4, -0.2) is 38.8 Å². The van der Waals surface area contributed by atoms with Crippen molar-refractivity contribution < 1.29 is 18.0 Å². The number of hydrogen-bond acceptors (Lipinski definition) is 4. The number of amides is 1. The van der Waals surface area contributed by atoms with Crippen molar-refractivity contribution >= 4 is 17.5 Å². The predicted molar refractivity (Wildman–Crippen MR) is 76.7 cm³/mol. The van der Waals surface area contributed by atoms with E-state index in [9.17, 15) is 18.0 Å². The lowest BCUT2D eigenvalue weighted by molar-refractivity contribution is -0.140. The molecular formula is C13H13ClF3N5O. The molecule has 0 unspecified atom stereocenters. The van der Waals surface area contributed by atoms with Gasteiger partial charge in [0.25, 0.3) is 0 Å². The second-order valence-corrected chi connectivity index (χ2v) is 5.13. The Morgan fingerprint density at radius 2 is 2.00 bits per heavy atom. The smallest absolute Gasteiger partial charge is 0.345 e. The van der Waals surface area contributed by atoms with Crippen molar-refractivity contribution in [3.63, 3.8) is 0 Å². The second-order valence-electron chi connectivity index (χ2n) is 4.70. The zero-order valence-electron chi connectivity index (χ0n) is 12.0. The lowest BCUT2D eigenvalue weighted by Crippen LogP contribution is -2.39. The molecular weight excluding hydrogens is 335 g/mol. The van der Waals surface area contributed by atoms with Crippen molar-refractivity contribution in [1.29, 1.82) is 0 Å². The molecule has 2 rings (SSSR count). The summed E-state index contributed by atoms with van der Waals surface area (Å²) in [5, 5.41) is 14.0. The molecule has 1 heterocycles. The molecule has 0 fully saturated rings. The average Bonchev–Trinajstić information content (AvgIpc) is 2.95. The highest BCUT2D eigenvalue weighted by molar-refractivity contribution is 6.30. The summed E-state index contributed by atoms with van der Waals surface area (Å²) in [6.07, 6.45) is -4.25. The average molecular weight is 348 g/mol. The molecule has 6 nitrogen and oxygen atoms in total. The van der Waals surface area contributed by atoms with Crippen LogP contribution in [0.15, 0.2) is 24.3 Å². The number of rotatable bonds is 5. The van der Waals surface area contributed by atoms with Crippen molar-refractivity contribution in [3.05, 3.63) is 29.3 Å². The van der Waals surface area contributed by atoms with E-state index in [0.717, 1.165) is 4.80 Å². The van der Waals surface area contributed by atoms with Crippen LogP contribution in [0.25, 0.3) is 11.4 Å². The number of aromatic nitrogens is 4. The van der Waals surface area contributed by atoms with E-state index in [1.54, 1.807) is 31.2 Å². The lowest BCUT2D eigenvalue weighted by atomic mass is 10.2. The normalized spacial score (nSPS) is 12.9. The van der Waals surface area contributed by atoms with E-state index in [1.807, 2.05) is 5.32 Å². The third-order valence-corrected chi connectivity index (χ3v) is 3.21. The highest BCUT2D eigenvalue weighted by atomic mass is 35.5. The number of nitrogens with zero attached hydrogens (tertiary/aromatic N) is 4. The molecule has 1 amide bonds. The van der Waals surface area contributed by atoms with Crippen molar-refractivity contribution in [2.24, 2.45) is 0 Å². The molecule has 0 spiro atoms. The monoisotopic (exact) mass is 347 g/mol. The van der Waals surface area contributed by atoms with Gasteiger partial charge in [0.2, 0.25) is 11.7 Å². The summed E-state index contributed by atoms with van der Waals surface area (Å²) in [5.74, 6) is -0.561. The third kappa shape index (κ3) is 4.65. The molecule has 23 heavy (non-hydrogen) atoms. The summed E-state index contributed by atoms with van der Waals surface area (Å²) < 4.78 is 36.5. The molecule has 0 saturated heterocycles. The van der Waals surface area contributed by atoms with Crippen LogP contribution < -0.4 is 5.32 Å². The highest BCUT2D eigenvalue weighted by Crippen LogP contribution is 2.19. The number of tetrazole rings is 1. The maximum absolute atomic E-state index is 12.2. The molecule has 0 saturated carbocycles. The Balaban J connectivity index is 2.13. The van der Waals surface area contributed by atoms with Crippen molar-refractivity contribution in [2.75, 3.05) is 6.54 Å². The second kappa shape index (κ2) is 6.95. The molecule has 0 aliphatic heterocycles. The van der Waals surface area contributed by atoms with Crippen LogP contribution in [0.3, 0.4) is 0 Å².